The monoisotopic (exact) mass is 550 g/mol. The Balaban J connectivity index is 1.69. The van der Waals surface area contributed by atoms with Crippen LogP contribution >= 0.6 is 0 Å². The zero-order valence-corrected chi connectivity index (χ0v) is 22.6. The molecule has 2 aliphatic rings. The van der Waals surface area contributed by atoms with E-state index in [1.165, 1.54) is 13.2 Å². The van der Waals surface area contributed by atoms with Crippen LogP contribution in [0.3, 0.4) is 0 Å². The van der Waals surface area contributed by atoms with Gasteiger partial charge in [0.25, 0.3) is 5.56 Å². The van der Waals surface area contributed by atoms with Gasteiger partial charge >= 0.3 is 0 Å². The summed E-state index contributed by atoms with van der Waals surface area (Å²) in [6.45, 7) is 3.55. The van der Waals surface area contributed by atoms with Crippen molar-refractivity contribution >= 4 is 29.5 Å². The van der Waals surface area contributed by atoms with Crippen molar-refractivity contribution in [2.75, 3.05) is 20.4 Å². The van der Waals surface area contributed by atoms with Gasteiger partial charge in [-0.05, 0) is 54.5 Å². The second-order valence-corrected chi connectivity index (χ2v) is 10.1. The molecule has 5 rings (SSSR count). The van der Waals surface area contributed by atoms with Gasteiger partial charge < -0.3 is 29.5 Å². The minimum absolute atomic E-state index is 0.0591. The second-order valence-electron chi connectivity index (χ2n) is 10.1. The number of fused-ring (bicyclic) bond motifs is 4. The fourth-order valence-electron chi connectivity index (χ4n) is 5.99. The molecule has 11 heteroatoms. The number of rotatable bonds is 11. The van der Waals surface area contributed by atoms with E-state index in [4.69, 9.17) is 14.5 Å². The summed E-state index contributed by atoms with van der Waals surface area (Å²) in [6, 6.07) is 2.80. The quantitative estimate of drug-likeness (QED) is 0.167. The minimum atomic E-state index is -0.487. The van der Waals surface area contributed by atoms with Gasteiger partial charge in [-0.3, -0.25) is 14.4 Å². The van der Waals surface area contributed by atoms with Crippen LogP contribution in [0.4, 0.5) is 4.39 Å². The van der Waals surface area contributed by atoms with Crippen LogP contribution in [0.1, 0.15) is 65.1 Å². The summed E-state index contributed by atoms with van der Waals surface area (Å²) < 4.78 is 27.2. The lowest BCUT2D eigenvalue weighted by Gasteiger charge is -2.29. The fourth-order valence-corrected chi connectivity index (χ4v) is 5.99. The van der Waals surface area contributed by atoms with Crippen LogP contribution in [-0.2, 0) is 43.4 Å². The average Bonchev–Trinajstić information content (AvgIpc) is 3.31. The predicted octanol–water partition coefficient (Wildman–Crippen LogP) is 2.54. The normalized spacial score (nSPS) is 15.8. The summed E-state index contributed by atoms with van der Waals surface area (Å²) in [5.74, 6) is -1.22. The Morgan fingerprint density at radius 1 is 1.30 bits per heavy atom. The molecule has 1 aliphatic carbocycles. The molecular formula is C29H31FN4O6. The first kappa shape index (κ1) is 27.6. The van der Waals surface area contributed by atoms with Crippen molar-refractivity contribution in [3.63, 3.8) is 0 Å². The summed E-state index contributed by atoms with van der Waals surface area (Å²) in [4.78, 5) is 53.7. The van der Waals surface area contributed by atoms with E-state index < -0.39 is 12.0 Å². The molecule has 210 valence electrons. The van der Waals surface area contributed by atoms with E-state index in [9.17, 15) is 19.2 Å². The molecule has 0 bridgehead atoms. The number of hydrogen-bond acceptors (Lipinski definition) is 7. The molecule has 40 heavy (non-hydrogen) atoms. The molecule has 2 amide bonds. The van der Waals surface area contributed by atoms with E-state index >= 15 is 4.39 Å². The Kier molecular flexibility index (Phi) is 7.77. The first-order chi connectivity index (χ1) is 19.3. The minimum Gasteiger partial charge on any atom is -0.380 e. The van der Waals surface area contributed by atoms with Crippen LogP contribution in [0.5, 0.6) is 0 Å². The average molecular weight is 551 g/mol. The lowest BCUT2D eigenvalue weighted by Crippen LogP contribution is -2.35. The molecule has 1 aliphatic heterocycles. The fraction of sp³-hybridized carbons (Fsp3) is 0.414. The molecule has 0 fully saturated rings. The van der Waals surface area contributed by atoms with Crippen LogP contribution in [0.2, 0.25) is 0 Å². The Morgan fingerprint density at radius 2 is 2.10 bits per heavy atom. The van der Waals surface area contributed by atoms with E-state index in [0.717, 1.165) is 28.4 Å². The molecule has 2 aromatic heterocycles. The van der Waals surface area contributed by atoms with Crippen molar-refractivity contribution in [2.45, 2.75) is 58.2 Å². The highest BCUT2D eigenvalue weighted by Gasteiger charge is 2.35. The number of carbonyl (C=O) groups is 3. The maximum Gasteiger partial charge on any atom is 0.257 e. The largest absolute Gasteiger partial charge is 0.380 e. The molecule has 2 atom stereocenters. The van der Waals surface area contributed by atoms with Gasteiger partial charge in [0.2, 0.25) is 12.3 Å². The highest BCUT2D eigenvalue weighted by molar-refractivity contribution is 5.93. The third-order valence-electron chi connectivity index (χ3n) is 7.90. The SMILES string of the molecule is CCC(C=O)c1cc2n(c(=O)c1COC)Cc1c-2nc2cc(F)c(C)c3c2c1C(NC(=O)COCNC=O)CC3. The number of halogens is 1. The summed E-state index contributed by atoms with van der Waals surface area (Å²) in [7, 11) is 1.50. The van der Waals surface area contributed by atoms with Crippen LogP contribution in [0.25, 0.3) is 22.3 Å². The summed E-state index contributed by atoms with van der Waals surface area (Å²) in [6.07, 6.45) is 2.89. The van der Waals surface area contributed by atoms with Crippen molar-refractivity contribution in [3.8, 4) is 11.4 Å². The number of pyridine rings is 2. The summed E-state index contributed by atoms with van der Waals surface area (Å²) in [5, 5.41) is 6.16. The maximum atomic E-state index is 15.0. The van der Waals surface area contributed by atoms with Crippen LogP contribution in [0.15, 0.2) is 16.9 Å². The third kappa shape index (κ3) is 4.58. The summed E-state index contributed by atoms with van der Waals surface area (Å²) >= 11 is 0. The van der Waals surface area contributed by atoms with E-state index in [1.807, 2.05) is 13.0 Å². The Hall–Kier alpha value is -3.96. The topological polar surface area (TPSA) is 129 Å². The van der Waals surface area contributed by atoms with Crippen molar-refractivity contribution in [1.29, 1.82) is 0 Å². The van der Waals surface area contributed by atoms with Gasteiger partial charge in [-0.2, -0.15) is 0 Å². The Bertz CT molecular complexity index is 1580. The number of aromatic nitrogens is 2. The number of hydrogen-bond donors (Lipinski definition) is 2. The first-order valence-electron chi connectivity index (χ1n) is 13.2. The van der Waals surface area contributed by atoms with Crippen molar-refractivity contribution in [1.82, 2.24) is 20.2 Å². The highest BCUT2D eigenvalue weighted by Crippen LogP contribution is 2.45. The number of benzene rings is 1. The number of carbonyl (C=O) groups excluding carboxylic acids is 3. The zero-order valence-electron chi connectivity index (χ0n) is 22.6. The van der Waals surface area contributed by atoms with Crippen molar-refractivity contribution in [3.05, 3.63) is 61.7 Å². The molecule has 3 aromatic rings. The predicted molar refractivity (Wildman–Crippen MR) is 144 cm³/mol. The molecule has 0 spiro atoms. The van der Waals surface area contributed by atoms with Crippen LogP contribution in [-0.4, -0.2) is 48.6 Å². The van der Waals surface area contributed by atoms with Gasteiger partial charge in [-0.15, -0.1) is 0 Å². The van der Waals surface area contributed by atoms with Crippen LogP contribution < -0.4 is 16.2 Å². The van der Waals surface area contributed by atoms with Gasteiger partial charge in [0.15, 0.2) is 0 Å². The van der Waals surface area contributed by atoms with E-state index in [0.29, 0.717) is 59.3 Å². The number of ether oxygens (including phenoxy) is 2. The zero-order chi connectivity index (χ0) is 28.6. The van der Waals surface area contributed by atoms with Gasteiger partial charge in [0, 0.05) is 35.6 Å². The molecule has 0 saturated heterocycles. The number of nitrogens with zero attached hydrogens (tertiary/aromatic N) is 2. The molecular weight excluding hydrogens is 519 g/mol. The molecule has 10 nitrogen and oxygen atoms in total. The number of amides is 2. The standard InChI is InChI=1S/C29H31FN4O6/c1-4-16(10-35)18-7-24-28-19(9-34(24)29(38)20(18)11-39-3)27-22(32-25(37)12-40-14-31-13-36)6-5-17-15(2)21(30)8-23(33-28)26(17)27/h7-8,10,13,16,22H,4-6,9,11-12,14H2,1-3H3,(H,31,36)(H,32,37). The van der Waals surface area contributed by atoms with Gasteiger partial charge in [-0.1, -0.05) is 6.92 Å². The number of aryl methyl sites for hydroxylation is 1. The van der Waals surface area contributed by atoms with Gasteiger partial charge in [0.05, 0.1) is 36.1 Å². The molecule has 2 unspecified atom stereocenters. The Labute approximate surface area is 229 Å². The van der Waals surface area contributed by atoms with Crippen molar-refractivity contribution < 1.29 is 28.2 Å². The van der Waals surface area contributed by atoms with Crippen molar-refractivity contribution in [2.24, 2.45) is 0 Å². The molecule has 0 radical (unpaired) electrons. The van der Waals surface area contributed by atoms with E-state index in [1.54, 1.807) is 11.5 Å². The maximum absolute atomic E-state index is 15.0. The third-order valence-corrected chi connectivity index (χ3v) is 7.90. The highest BCUT2D eigenvalue weighted by atomic mass is 19.1. The smallest absolute Gasteiger partial charge is 0.257 e. The van der Waals surface area contributed by atoms with E-state index in [-0.39, 0.29) is 43.8 Å². The lowest BCUT2D eigenvalue weighted by molar-refractivity contribution is -0.127. The van der Waals surface area contributed by atoms with Gasteiger partial charge in [0.1, 0.15) is 25.4 Å². The number of nitrogens with one attached hydrogen (secondary N) is 2. The number of aldehydes is 1. The second kappa shape index (κ2) is 11.3. The molecule has 3 heterocycles. The Morgan fingerprint density at radius 3 is 2.80 bits per heavy atom. The van der Waals surface area contributed by atoms with Gasteiger partial charge in [-0.25, -0.2) is 9.37 Å². The van der Waals surface area contributed by atoms with E-state index in [2.05, 4.69) is 10.6 Å². The summed E-state index contributed by atoms with van der Waals surface area (Å²) in [5.41, 5.74) is 5.26. The lowest BCUT2D eigenvalue weighted by atomic mass is 9.81. The van der Waals surface area contributed by atoms with Crippen LogP contribution in [0, 0.1) is 12.7 Å². The number of methoxy groups -OCH3 is 1. The first-order valence-corrected chi connectivity index (χ1v) is 13.2. The molecule has 2 N–H and O–H groups in total. The molecule has 0 saturated carbocycles. The molecule has 1 aromatic carbocycles.